The second-order valence-electron chi connectivity index (χ2n) is 4.07. The Labute approximate surface area is 100 Å². The normalized spacial score (nSPS) is 18.5. The Kier molecular flexibility index (Phi) is 3.93. The Bertz CT molecular complexity index is 412. The molecule has 1 amide bonds. The molecule has 2 heterocycles. The molecule has 1 atom stereocenters. The van der Waals surface area contributed by atoms with Gasteiger partial charge in [0.2, 0.25) is 5.91 Å². The van der Waals surface area contributed by atoms with Crippen molar-refractivity contribution in [2.45, 2.75) is 32.4 Å². The van der Waals surface area contributed by atoms with Crippen molar-refractivity contribution in [2.75, 3.05) is 6.54 Å². The lowest BCUT2D eigenvalue weighted by molar-refractivity contribution is -0.122. The van der Waals surface area contributed by atoms with Crippen LogP contribution in [0.2, 0.25) is 0 Å². The number of aryl methyl sites for hydroxylation is 1. The number of carbonyl (C=O) groups excluding carboxylic acids is 1. The first-order chi connectivity index (χ1) is 8.29. The van der Waals surface area contributed by atoms with E-state index in [0.717, 1.165) is 25.1 Å². The van der Waals surface area contributed by atoms with Gasteiger partial charge in [0.25, 0.3) is 0 Å². The van der Waals surface area contributed by atoms with Crippen molar-refractivity contribution in [1.82, 2.24) is 15.8 Å². The maximum absolute atomic E-state index is 11.7. The molecule has 0 radical (unpaired) electrons. The quantitative estimate of drug-likeness (QED) is 0.740. The van der Waals surface area contributed by atoms with E-state index in [-0.39, 0.29) is 11.9 Å². The largest absolute Gasteiger partial charge is 0.359 e. The SMILES string of the molecule is CCCc1cc(CNC(=O)C2C=CCN2)on1. The lowest BCUT2D eigenvalue weighted by Gasteiger charge is -2.08. The summed E-state index contributed by atoms with van der Waals surface area (Å²) in [6.45, 7) is 3.23. The zero-order chi connectivity index (χ0) is 12.1. The first-order valence-corrected chi connectivity index (χ1v) is 5.92. The average molecular weight is 235 g/mol. The molecular weight excluding hydrogens is 218 g/mol. The van der Waals surface area contributed by atoms with Crippen molar-refractivity contribution in [3.63, 3.8) is 0 Å². The zero-order valence-electron chi connectivity index (χ0n) is 9.90. The van der Waals surface area contributed by atoms with Crippen LogP contribution in [0.1, 0.15) is 24.8 Å². The average Bonchev–Trinajstić information content (AvgIpc) is 2.97. The molecule has 92 valence electrons. The van der Waals surface area contributed by atoms with Crippen LogP contribution in [0.5, 0.6) is 0 Å². The third-order valence-corrected chi connectivity index (χ3v) is 2.62. The van der Waals surface area contributed by atoms with Gasteiger partial charge in [0.15, 0.2) is 5.76 Å². The van der Waals surface area contributed by atoms with Gasteiger partial charge < -0.3 is 9.84 Å². The summed E-state index contributed by atoms with van der Waals surface area (Å²) >= 11 is 0. The van der Waals surface area contributed by atoms with Crippen molar-refractivity contribution in [3.8, 4) is 0 Å². The molecule has 1 aliphatic rings. The van der Waals surface area contributed by atoms with E-state index < -0.39 is 0 Å². The number of aromatic nitrogens is 1. The van der Waals surface area contributed by atoms with Gasteiger partial charge in [-0.2, -0.15) is 0 Å². The van der Waals surface area contributed by atoms with E-state index in [1.54, 1.807) is 0 Å². The third kappa shape index (κ3) is 3.17. The molecular formula is C12H17N3O2. The minimum Gasteiger partial charge on any atom is -0.359 e. The smallest absolute Gasteiger partial charge is 0.241 e. The topological polar surface area (TPSA) is 67.2 Å². The molecule has 0 spiro atoms. The second-order valence-corrected chi connectivity index (χ2v) is 4.07. The van der Waals surface area contributed by atoms with Crippen LogP contribution in [0.15, 0.2) is 22.7 Å². The van der Waals surface area contributed by atoms with Crippen LogP contribution >= 0.6 is 0 Å². The van der Waals surface area contributed by atoms with E-state index in [0.29, 0.717) is 12.3 Å². The van der Waals surface area contributed by atoms with Crippen LogP contribution < -0.4 is 10.6 Å². The number of hydrogen-bond donors (Lipinski definition) is 2. The van der Waals surface area contributed by atoms with E-state index in [2.05, 4.69) is 22.7 Å². The highest BCUT2D eigenvalue weighted by Crippen LogP contribution is 2.05. The van der Waals surface area contributed by atoms with Crippen LogP contribution in [0.4, 0.5) is 0 Å². The highest BCUT2D eigenvalue weighted by molar-refractivity contribution is 5.84. The van der Waals surface area contributed by atoms with Crippen molar-refractivity contribution in [3.05, 3.63) is 29.7 Å². The van der Waals surface area contributed by atoms with Crippen LogP contribution in [0.25, 0.3) is 0 Å². The van der Waals surface area contributed by atoms with E-state index in [1.165, 1.54) is 0 Å². The zero-order valence-corrected chi connectivity index (χ0v) is 9.90. The Morgan fingerprint density at radius 1 is 1.71 bits per heavy atom. The molecule has 0 aromatic carbocycles. The first kappa shape index (κ1) is 11.9. The summed E-state index contributed by atoms with van der Waals surface area (Å²) in [4.78, 5) is 11.7. The monoisotopic (exact) mass is 235 g/mol. The van der Waals surface area contributed by atoms with Gasteiger partial charge in [-0.3, -0.25) is 10.1 Å². The molecule has 2 rings (SSSR count). The number of nitrogens with zero attached hydrogens (tertiary/aromatic N) is 1. The summed E-state index contributed by atoms with van der Waals surface area (Å²) in [6.07, 6.45) is 5.75. The molecule has 1 aliphatic heterocycles. The fourth-order valence-corrected chi connectivity index (χ4v) is 1.74. The highest BCUT2D eigenvalue weighted by Gasteiger charge is 2.17. The molecule has 0 saturated carbocycles. The third-order valence-electron chi connectivity index (χ3n) is 2.62. The minimum absolute atomic E-state index is 0.0350. The summed E-state index contributed by atoms with van der Waals surface area (Å²) in [5.74, 6) is 0.663. The molecule has 1 aromatic heterocycles. The van der Waals surface area contributed by atoms with Gasteiger partial charge in [0.05, 0.1) is 12.2 Å². The molecule has 0 fully saturated rings. The van der Waals surface area contributed by atoms with E-state index in [1.807, 2.05) is 18.2 Å². The summed E-state index contributed by atoms with van der Waals surface area (Å²) in [5.41, 5.74) is 0.940. The maximum atomic E-state index is 11.7. The Hall–Kier alpha value is -1.62. The molecule has 5 nitrogen and oxygen atoms in total. The van der Waals surface area contributed by atoms with Crippen LogP contribution in [0.3, 0.4) is 0 Å². The Morgan fingerprint density at radius 2 is 2.59 bits per heavy atom. The van der Waals surface area contributed by atoms with Gasteiger partial charge in [0.1, 0.15) is 6.04 Å². The molecule has 1 unspecified atom stereocenters. The molecule has 0 bridgehead atoms. The van der Waals surface area contributed by atoms with Crippen molar-refractivity contribution in [2.24, 2.45) is 0 Å². The standard InChI is InChI=1S/C12H17N3O2/c1-2-4-9-7-10(17-15-9)8-14-12(16)11-5-3-6-13-11/h3,5,7,11,13H,2,4,6,8H2,1H3,(H,14,16). The van der Waals surface area contributed by atoms with Gasteiger partial charge in [-0.1, -0.05) is 30.7 Å². The van der Waals surface area contributed by atoms with Gasteiger partial charge in [0, 0.05) is 12.6 Å². The molecule has 17 heavy (non-hydrogen) atoms. The van der Waals surface area contributed by atoms with Gasteiger partial charge in [-0.05, 0) is 6.42 Å². The minimum atomic E-state index is -0.215. The lowest BCUT2D eigenvalue weighted by Crippen LogP contribution is -2.40. The predicted octanol–water partition coefficient (Wildman–Crippen LogP) is 0.771. The second kappa shape index (κ2) is 5.63. The molecule has 5 heteroatoms. The summed E-state index contributed by atoms with van der Waals surface area (Å²) in [5, 5.41) is 9.78. The summed E-state index contributed by atoms with van der Waals surface area (Å²) in [7, 11) is 0. The highest BCUT2D eigenvalue weighted by atomic mass is 16.5. The molecule has 1 aromatic rings. The Balaban J connectivity index is 1.80. The Morgan fingerprint density at radius 3 is 3.29 bits per heavy atom. The van der Waals surface area contributed by atoms with E-state index >= 15 is 0 Å². The summed E-state index contributed by atoms with van der Waals surface area (Å²) < 4.78 is 5.13. The fraction of sp³-hybridized carbons (Fsp3) is 0.500. The molecule has 0 aliphatic carbocycles. The predicted molar refractivity (Wildman–Crippen MR) is 63.3 cm³/mol. The number of carbonyl (C=O) groups is 1. The van der Waals surface area contributed by atoms with Crippen molar-refractivity contribution in [1.29, 1.82) is 0 Å². The van der Waals surface area contributed by atoms with Gasteiger partial charge in [-0.15, -0.1) is 0 Å². The summed E-state index contributed by atoms with van der Waals surface area (Å²) in [6, 6.07) is 1.68. The number of hydrogen-bond acceptors (Lipinski definition) is 4. The van der Waals surface area contributed by atoms with Crippen molar-refractivity contribution >= 4 is 5.91 Å². The molecule has 2 N–H and O–H groups in total. The number of rotatable bonds is 5. The van der Waals surface area contributed by atoms with Crippen LogP contribution in [-0.2, 0) is 17.8 Å². The lowest BCUT2D eigenvalue weighted by atomic mass is 10.2. The van der Waals surface area contributed by atoms with Crippen LogP contribution in [0, 0.1) is 0 Å². The van der Waals surface area contributed by atoms with Crippen LogP contribution in [-0.4, -0.2) is 23.7 Å². The molecule has 0 saturated heterocycles. The van der Waals surface area contributed by atoms with E-state index in [9.17, 15) is 4.79 Å². The first-order valence-electron chi connectivity index (χ1n) is 5.92. The number of amides is 1. The fourth-order valence-electron chi connectivity index (χ4n) is 1.74. The van der Waals surface area contributed by atoms with Gasteiger partial charge >= 0.3 is 0 Å². The van der Waals surface area contributed by atoms with Gasteiger partial charge in [-0.25, -0.2) is 0 Å². The van der Waals surface area contributed by atoms with Crippen molar-refractivity contribution < 1.29 is 9.32 Å². The number of nitrogens with one attached hydrogen (secondary N) is 2. The van der Waals surface area contributed by atoms with E-state index in [4.69, 9.17) is 4.52 Å². The maximum Gasteiger partial charge on any atom is 0.241 e.